The number of hydrogen-bond acceptors (Lipinski definition) is 2. The predicted octanol–water partition coefficient (Wildman–Crippen LogP) is 3.36. The molecule has 0 aliphatic heterocycles. The zero-order valence-electron chi connectivity index (χ0n) is 11.2. The molecule has 0 aliphatic carbocycles. The molecule has 15 heavy (non-hydrogen) atoms. The summed E-state index contributed by atoms with van der Waals surface area (Å²) in [6, 6.07) is 0.502. The van der Waals surface area contributed by atoms with Gasteiger partial charge in [-0.2, -0.15) is 0 Å². The summed E-state index contributed by atoms with van der Waals surface area (Å²) >= 11 is 0. The molecule has 1 N–H and O–H groups in total. The van der Waals surface area contributed by atoms with Crippen molar-refractivity contribution in [1.82, 2.24) is 5.32 Å². The molecule has 0 radical (unpaired) electrons. The number of hydrogen-bond donors (Lipinski definition) is 1. The summed E-state index contributed by atoms with van der Waals surface area (Å²) in [6.07, 6.45) is 5.78. The monoisotopic (exact) mass is 215 g/mol. The van der Waals surface area contributed by atoms with Crippen LogP contribution in [-0.2, 0) is 4.74 Å². The molecule has 0 saturated heterocycles. The fraction of sp³-hybridized carbons (Fsp3) is 1.00. The van der Waals surface area contributed by atoms with E-state index in [9.17, 15) is 0 Å². The highest BCUT2D eigenvalue weighted by Gasteiger charge is 2.34. The van der Waals surface area contributed by atoms with Gasteiger partial charge in [0.1, 0.15) is 0 Å². The van der Waals surface area contributed by atoms with Crippen molar-refractivity contribution in [2.45, 2.75) is 71.4 Å². The molecule has 0 fully saturated rings. The van der Waals surface area contributed by atoms with Gasteiger partial charge >= 0.3 is 0 Å². The van der Waals surface area contributed by atoms with Crippen LogP contribution in [0.2, 0.25) is 0 Å². The van der Waals surface area contributed by atoms with Gasteiger partial charge in [-0.05, 0) is 32.2 Å². The van der Waals surface area contributed by atoms with E-state index >= 15 is 0 Å². The van der Waals surface area contributed by atoms with Gasteiger partial charge in [-0.1, -0.05) is 34.1 Å². The maximum Gasteiger partial charge on any atom is 0.0825 e. The van der Waals surface area contributed by atoms with Gasteiger partial charge in [-0.3, -0.25) is 0 Å². The molecule has 2 nitrogen and oxygen atoms in total. The van der Waals surface area contributed by atoms with Crippen LogP contribution in [0.4, 0.5) is 0 Å². The molecule has 0 rings (SSSR count). The van der Waals surface area contributed by atoms with Crippen LogP contribution in [0.1, 0.15) is 59.8 Å². The lowest BCUT2D eigenvalue weighted by molar-refractivity contribution is -0.0494. The average Bonchev–Trinajstić information content (AvgIpc) is 2.28. The van der Waals surface area contributed by atoms with E-state index in [1.165, 1.54) is 19.3 Å². The van der Waals surface area contributed by atoms with E-state index in [1.54, 1.807) is 0 Å². The molecule has 0 bridgehead atoms. The van der Waals surface area contributed by atoms with Gasteiger partial charge in [0.15, 0.2) is 0 Å². The number of methoxy groups -OCH3 is 1. The average molecular weight is 215 g/mol. The van der Waals surface area contributed by atoms with Crippen LogP contribution < -0.4 is 5.32 Å². The summed E-state index contributed by atoms with van der Waals surface area (Å²) < 4.78 is 5.79. The first-order valence-electron chi connectivity index (χ1n) is 6.49. The first kappa shape index (κ1) is 14.9. The van der Waals surface area contributed by atoms with Crippen molar-refractivity contribution in [2.75, 3.05) is 13.7 Å². The quantitative estimate of drug-likeness (QED) is 0.637. The van der Waals surface area contributed by atoms with E-state index in [1.807, 2.05) is 7.11 Å². The molecular weight excluding hydrogens is 186 g/mol. The van der Waals surface area contributed by atoms with Crippen LogP contribution in [0.15, 0.2) is 0 Å². The van der Waals surface area contributed by atoms with Crippen LogP contribution in [0.25, 0.3) is 0 Å². The zero-order valence-corrected chi connectivity index (χ0v) is 11.2. The predicted molar refractivity (Wildman–Crippen MR) is 67.3 cm³/mol. The van der Waals surface area contributed by atoms with Crippen molar-refractivity contribution in [1.29, 1.82) is 0 Å². The minimum atomic E-state index is 0.0329. The summed E-state index contributed by atoms with van der Waals surface area (Å²) in [5.41, 5.74) is 0.0329. The fourth-order valence-electron chi connectivity index (χ4n) is 2.33. The molecule has 92 valence electrons. The molecule has 2 heteroatoms. The largest absolute Gasteiger partial charge is 0.377 e. The smallest absolute Gasteiger partial charge is 0.0825 e. The zero-order chi connectivity index (χ0) is 11.7. The maximum absolute atomic E-state index is 5.79. The highest BCUT2D eigenvalue weighted by Crippen LogP contribution is 2.26. The topological polar surface area (TPSA) is 21.3 Å². The lowest BCUT2D eigenvalue weighted by Crippen LogP contribution is -2.51. The van der Waals surface area contributed by atoms with E-state index in [-0.39, 0.29) is 5.60 Å². The molecule has 0 aliphatic rings. The van der Waals surface area contributed by atoms with Crippen LogP contribution in [0.5, 0.6) is 0 Å². The van der Waals surface area contributed by atoms with Crippen LogP contribution in [-0.4, -0.2) is 25.3 Å². The van der Waals surface area contributed by atoms with E-state index < -0.39 is 0 Å². The summed E-state index contributed by atoms with van der Waals surface area (Å²) in [4.78, 5) is 0. The SMILES string of the molecule is CCCNC(CCC)C(CC)(CC)OC. The van der Waals surface area contributed by atoms with Crippen molar-refractivity contribution in [3.63, 3.8) is 0 Å². The van der Waals surface area contributed by atoms with Gasteiger partial charge in [0, 0.05) is 13.2 Å². The number of nitrogens with one attached hydrogen (secondary N) is 1. The van der Waals surface area contributed by atoms with Crippen molar-refractivity contribution in [3.8, 4) is 0 Å². The van der Waals surface area contributed by atoms with E-state index in [4.69, 9.17) is 4.74 Å². The third-order valence-corrected chi connectivity index (χ3v) is 3.46. The Bertz CT molecular complexity index is 135. The molecule has 0 saturated carbocycles. The molecule has 0 aromatic heterocycles. The van der Waals surface area contributed by atoms with Crippen molar-refractivity contribution in [2.24, 2.45) is 0 Å². The maximum atomic E-state index is 5.79. The minimum absolute atomic E-state index is 0.0329. The lowest BCUT2D eigenvalue weighted by atomic mass is 9.85. The van der Waals surface area contributed by atoms with Gasteiger partial charge in [0.05, 0.1) is 5.60 Å². The first-order valence-corrected chi connectivity index (χ1v) is 6.49. The van der Waals surface area contributed by atoms with Gasteiger partial charge in [-0.25, -0.2) is 0 Å². The van der Waals surface area contributed by atoms with Crippen molar-refractivity contribution >= 4 is 0 Å². The standard InChI is InChI=1S/C13H29NO/c1-6-10-12(14-11-7-2)13(8-3,9-4)15-5/h12,14H,6-11H2,1-5H3. The second kappa shape index (κ2) is 8.12. The number of rotatable bonds is 9. The van der Waals surface area contributed by atoms with Gasteiger partial charge in [0.25, 0.3) is 0 Å². The molecule has 0 amide bonds. The Kier molecular flexibility index (Phi) is 8.07. The van der Waals surface area contributed by atoms with E-state index in [2.05, 4.69) is 33.0 Å². The molecule has 1 unspecified atom stereocenters. The van der Waals surface area contributed by atoms with Crippen LogP contribution in [0.3, 0.4) is 0 Å². The van der Waals surface area contributed by atoms with E-state index in [0.717, 1.165) is 19.4 Å². The Morgan fingerprint density at radius 3 is 2.00 bits per heavy atom. The minimum Gasteiger partial charge on any atom is -0.377 e. The van der Waals surface area contributed by atoms with Crippen molar-refractivity contribution < 1.29 is 4.74 Å². The highest BCUT2D eigenvalue weighted by atomic mass is 16.5. The molecule has 0 spiro atoms. The van der Waals surface area contributed by atoms with Crippen LogP contribution >= 0.6 is 0 Å². The van der Waals surface area contributed by atoms with Crippen molar-refractivity contribution in [3.05, 3.63) is 0 Å². The summed E-state index contributed by atoms with van der Waals surface area (Å²) in [5.74, 6) is 0. The highest BCUT2D eigenvalue weighted by molar-refractivity contribution is 4.90. The Morgan fingerprint density at radius 2 is 1.67 bits per heavy atom. The summed E-state index contributed by atoms with van der Waals surface area (Å²) in [6.45, 7) is 10.00. The summed E-state index contributed by atoms with van der Waals surface area (Å²) in [5, 5.41) is 3.64. The molecular formula is C13H29NO. The molecule has 0 heterocycles. The second-order valence-electron chi connectivity index (χ2n) is 4.27. The Labute approximate surface area is 95.8 Å². The Hall–Kier alpha value is -0.0800. The fourth-order valence-corrected chi connectivity index (χ4v) is 2.33. The molecule has 0 aromatic carbocycles. The Morgan fingerprint density at radius 1 is 1.07 bits per heavy atom. The Balaban J connectivity index is 4.50. The normalized spacial score (nSPS) is 14.2. The van der Waals surface area contributed by atoms with Gasteiger partial charge in [0.2, 0.25) is 0 Å². The molecule has 0 aromatic rings. The third kappa shape index (κ3) is 4.12. The second-order valence-corrected chi connectivity index (χ2v) is 4.27. The van der Waals surface area contributed by atoms with Crippen LogP contribution in [0, 0.1) is 0 Å². The third-order valence-electron chi connectivity index (χ3n) is 3.46. The van der Waals surface area contributed by atoms with Gasteiger partial charge in [-0.15, -0.1) is 0 Å². The first-order chi connectivity index (χ1) is 7.20. The summed E-state index contributed by atoms with van der Waals surface area (Å²) in [7, 11) is 1.85. The lowest BCUT2D eigenvalue weighted by Gasteiger charge is -2.39. The molecule has 1 atom stereocenters. The van der Waals surface area contributed by atoms with Gasteiger partial charge < -0.3 is 10.1 Å². The van der Waals surface area contributed by atoms with E-state index in [0.29, 0.717) is 6.04 Å². The number of ether oxygens (including phenoxy) is 1.